The molecule has 6 heteroatoms. The fourth-order valence-corrected chi connectivity index (χ4v) is 3.47. The predicted octanol–water partition coefficient (Wildman–Crippen LogP) is 1.12. The Balaban J connectivity index is 1.82. The number of carbonyl (C=O) groups is 2. The molecule has 124 valence electrons. The lowest BCUT2D eigenvalue weighted by molar-refractivity contribution is -0.138. The molecule has 23 heavy (non-hydrogen) atoms. The van der Waals surface area contributed by atoms with Crippen molar-refractivity contribution >= 4 is 11.8 Å². The van der Waals surface area contributed by atoms with E-state index in [-0.39, 0.29) is 36.0 Å². The minimum Gasteiger partial charge on any atom is -0.340 e. The molecule has 0 N–H and O–H groups in total. The number of rotatable bonds is 2. The van der Waals surface area contributed by atoms with Crippen LogP contribution < -0.4 is 0 Å². The molecular formula is C17H22FN3O2. The van der Waals surface area contributed by atoms with E-state index in [9.17, 15) is 14.0 Å². The Morgan fingerprint density at radius 1 is 1.09 bits per heavy atom. The maximum atomic E-state index is 13.2. The zero-order valence-corrected chi connectivity index (χ0v) is 13.5. The maximum absolute atomic E-state index is 13.2. The third-order valence-electron chi connectivity index (χ3n) is 4.93. The van der Waals surface area contributed by atoms with Gasteiger partial charge in [-0.1, -0.05) is 12.1 Å². The lowest BCUT2D eigenvalue weighted by Gasteiger charge is -2.35. The van der Waals surface area contributed by atoms with Crippen LogP contribution in [-0.4, -0.2) is 66.8 Å². The van der Waals surface area contributed by atoms with Crippen LogP contribution in [0.25, 0.3) is 0 Å². The number of nitrogens with zero attached hydrogens (tertiary/aromatic N) is 3. The van der Waals surface area contributed by atoms with Crippen molar-refractivity contribution in [1.82, 2.24) is 14.7 Å². The van der Waals surface area contributed by atoms with Gasteiger partial charge in [0.05, 0.1) is 12.0 Å². The second-order valence-electron chi connectivity index (χ2n) is 6.44. The van der Waals surface area contributed by atoms with Crippen LogP contribution in [0.5, 0.6) is 0 Å². The quantitative estimate of drug-likeness (QED) is 0.820. The molecule has 1 aromatic rings. The van der Waals surface area contributed by atoms with E-state index in [0.717, 1.165) is 18.7 Å². The topological polar surface area (TPSA) is 43.9 Å². The largest absolute Gasteiger partial charge is 0.340 e. The smallest absolute Gasteiger partial charge is 0.228 e. The number of hydrogen-bond donors (Lipinski definition) is 0. The molecule has 0 aliphatic carbocycles. The van der Waals surface area contributed by atoms with Crippen LogP contribution in [0, 0.1) is 11.7 Å². The van der Waals surface area contributed by atoms with Crippen LogP contribution in [0.3, 0.4) is 0 Å². The summed E-state index contributed by atoms with van der Waals surface area (Å²) >= 11 is 0. The van der Waals surface area contributed by atoms with Gasteiger partial charge < -0.3 is 14.7 Å². The van der Waals surface area contributed by atoms with E-state index >= 15 is 0 Å². The zero-order valence-electron chi connectivity index (χ0n) is 13.5. The molecule has 1 aromatic carbocycles. The highest BCUT2D eigenvalue weighted by Gasteiger charge is 2.44. The van der Waals surface area contributed by atoms with Crippen molar-refractivity contribution < 1.29 is 14.0 Å². The SMILES string of the molecule is CN1CCN(C(=O)[C@H]2CC(=O)N(C)[C@@H]2c2ccc(F)cc2)CC1. The highest BCUT2D eigenvalue weighted by atomic mass is 19.1. The molecule has 2 atom stereocenters. The number of benzene rings is 1. The Labute approximate surface area is 135 Å². The average molecular weight is 319 g/mol. The summed E-state index contributed by atoms with van der Waals surface area (Å²) in [6, 6.07) is 5.78. The van der Waals surface area contributed by atoms with E-state index in [1.807, 2.05) is 11.9 Å². The highest BCUT2D eigenvalue weighted by Crippen LogP contribution is 2.38. The van der Waals surface area contributed by atoms with E-state index < -0.39 is 0 Å². The van der Waals surface area contributed by atoms with Crippen molar-refractivity contribution in [2.45, 2.75) is 12.5 Å². The lowest BCUT2D eigenvalue weighted by atomic mass is 9.92. The number of likely N-dealkylation sites (N-methyl/N-ethyl adjacent to an activating group) is 1. The molecule has 2 amide bonds. The van der Waals surface area contributed by atoms with Crippen LogP contribution >= 0.6 is 0 Å². The predicted molar refractivity (Wildman–Crippen MR) is 84.1 cm³/mol. The van der Waals surface area contributed by atoms with Crippen molar-refractivity contribution in [3.63, 3.8) is 0 Å². The zero-order chi connectivity index (χ0) is 16.6. The molecule has 2 aliphatic rings. The second-order valence-corrected chi connectivity index (χ2v) is 6.44. The maximum Gasteiger partial charge on any atom is 0.228 e. The fourth-order valence-electron chi connectivity index (χ4n) is 3.47. The first kappa shape index (κ1) is 15.9. The number of piperazine rings is 1. The Bertz CT molecular complexity index is 596. The Hall–Kier alpha value is -1.95. The summed E-state index contributed by atoms with van der Waals surface area (Å²) in [7, 11) is 3.75. The molecule has 0 radical (unpaired) electrons. The van der Waals surface area contributed by atoms with Crippen LogP contribution in [-0.2, 0) is 9.59 Å². The summed E-state index contributed by atoms with van der Waals surface area (Å²) in [5, 5.41) is 0. The first-order valence-electron chi connectivity index (χ1n) is 7.96. The summed E-state index contributed by atoms with van der Waals surface area (Å²) in [5.74, 6) is -0.707. The average Bonchev–Trinajstić information content (AvgIpc) is 2.84. The summed E-state index contributed by atoms with van der Waals surface area (Å²) in [5.41, 5.74) is 0.812. The van der Waals surface area contributed by atoms with Crippen molar-refractivity contribution in [2.75, 3.05) is 40.3 Å². The molecule has 0 spiro atoms. The number of likely N-dealkylation sites (tertiary alicyclic amines) is 1. The fraction of sp³-hybridized carbons (Fsp3) is 0.529. The molecule has 2 heterocycles. The molecule has 2 aliphatic heterocycles. The van der Waals surface area contributed by atoms with Crippen LogP contribution in [0.4, 0.5) is 4.39 Å². The van der Waals surface area contributed by atoms with Crippen molar-refractivity contribution in [3.8, 4) is 0 Å². The van der Waals surface area contributed by atoms with E-state index in [2.05, 4.69) is 4.90 Å². The molecule has 2 fully saturated rings. The van der Waals surface area contributed by atoms with Gasteiger partial charge in [0.15, 0.2) is 0 Å². The van der Waals surface area contributed by atoms with E-state index in [0.29, 0.717) is 13.1 Å². The number of hydrogen-bond acceptors (Lipinski definition) is 3. The number of amides is 2. The third kappa shape index (κ3) is 3.08. The summed E-state index contributed by atoms with van der Waals surface area (Å²) in [6.07, 6.45) is 0.226. The minimum absolute atomic E-state index is 0.0325. The Kier molecular flexibility index (Phi) is 4.35. The van der Waals surface area contributed by atoms with Crippen LogP contribution in [0.1, 0.15) is 18.0 Å². The van der Waals surface area contributed by atoms with Gasteiger partial charge in [0.25, 0.3) is 0 Å². The molecule has 0 unspecified atom stereocenters. The molecule has 2 saturated heterocycles. The van der Waals surface area contributed by atoms with E-state index in [4.69, 9.17) is 0 Å². The van der Waals surface area contributed by atoms with Crippen LogP contribution in [0.2, 0.25) is 0 Å². The molecule has 0 bridgehead atoms. The molecule has 0 aromatic heterocycles. The minimum atomic E-state index is -0.388. The normalized spacial score (nSPS) is 26.0. The van der Waals surface area contributed by atoms with E-state index in [1.54, 1.807) is 24.1 Å². The van der Waals surface area contributed by atoms with Gasteiger partial charge in [-0.05, 0) is 24.7 Å². The van der Waals surface area contributed by atoms with Gasteiger partial charge in [-0.25, -0.2) is 4.39 Å². The van der Waals surface area contributed by atoms with Gasteiger partial charge in [-0.2, -0.15) is 0 Å². The van der Waals surface area contributed by atoms with Crippen molar-refractivity contribution in [1.29, 1.82) is 0 Å². The number of carbonyl (C=O) groups excluding carboxylic acids is 2. The van der Waals surface area contributed by atoms with E-state index in [1.165, 1.54) is 12.1 Å². The number of halogens is 1. The van der Waals surface area contributed by atoms with Gasteiger partial charge in [-0.3, -0.25) is 9.59 Å². The van der Waals surface area contributed by atoms with Gasteiger partial charge in [-0.15, -0.1) is 0 Å². The molecule has 3 rings (SSSR count). The van der Waals surface area contributed by atoms with Gasteiger partial charge in [0, 0.05) is 39.6 Å². The van der Waals surface area contributed by atoms with Crippen LogP contribution in [0.15, 0.2) is 24.3 Å². The third-order valence-corrected chi connectivity index (χ3v) is 4.93. The monoisotopic (exact) mass is 319 g/mol. The van der Waals surface area contributed by atoms with Crippen molar-refractivity contribution in [3.05, 3.63) is 35.6 Å². The standard InChI is InChI=1S/C17H22FN3O2/c1-19-7-9-21(10-8-19)17(23)14-11-15(22)20(2)16(14)12-3-5-13(18)6-4-12/h3-6,14,16H,7-11H2,1-2H3/t14-,16+/m0/s1. The molecular weight excluding hydrogens is 297 g/mol. The van der Waals surface area contributed by atoms with Gasteiger partial charge in [0.2, 0.25) is 11.8 Å². The van der Waals surface area contributed by atoms with Crippen molar-refractivity contribution in [2.24, 2.45) is 5.92 Å². The van der Waals surface area contributed by atoms with Gasteiger partial charge in [0.1, 0.15) is 5.82 Å². The van der Waals surface area contributed by atoms with Gasteiger partial charge >= 0.3 is 0 Å². The Morgan fingerprint density at radius 3 is 2.30 bits per heavy atom. The summed E-state index contributed by atoms with van der Waals surface area (Å²) in [4.78, 5) is 30.7. The lowest BCUT2D eigenvalue weighted by Crippen LogP contribution is -2.49. The first-order valence-corrected chi connectivity index (χ1v) is 7.96. The first-order chi connectivity index (χ1) is 11.0. The molecule has 5 nitrogen and oxygen atoms in total. The second kappa shape index (κ2) is 6.28. The highest BCUT2D eigenvalue weighted by molar-refractivity contribution is 5.90. The summed E-state index contributed by atoms with van der Waals surface area (Å²) < 4.78 is 13.2. The summed E-state index contributed by atoms with van der Waals surface area (Å²) in [6.45, 7) is 3.09. The molecule has 0 saturated carbocycles. The Morgan fingerprint density at radius 2 is 1.70 bits per heavy atom.